The highest BCUT2D eigenvalue weighted by atomic mass is 35.5. The summed E-state index contributed by atoms with van der Waals surface area (Å²) in [5, 5.41) is 10.0. The van der Waals surface area contributed by atoms with Crippen LogP contribution in [0.4, 0.5) is 0 Å². The minimum Gasteiger partial charge on any atom is -0.465 e. The normalized spacial score (nSPS) is 28.9. The second kappa shape index (κ2) is 7.30. The van der Waals surface area contributed by atoms with Crippen molar-refractivity contribution in [1.29, 1.82) is 5.26 Å². The number of benzene rings is 1. The molecule has 3 aliphatic rings. The van der Waals surface area contributed by atoms with Crippen LogP contribution in [-0.2, 0) is 14.9 Å². The third-order valence-electron chi connectivity index (χ3n) is 6.60. The summed E-state index contributed by atoms with van der Waals surface area (Å²) >= 11 is 6.76. The molecule has 1 aromatic carbocycles. The molecule has 8 heteroatoms. The lowest BCUT2D eigenvalue weighted by molar-refractivity contribution is -0.190. The van der Waals surface area contributed by atoms with Gasteiger partial charge in [0.05, 0.1) is 35.8 Å². The van der Waals surface area contributed by atoms with Gasteiger partial charge in [0, 0.05) is 24.1 Å². The second-order valence-corrected chi connectivity index (χ2v) is 9.15. The van der Waals surface area contributed by atoms with Gasteiger partial charge < -0.3 is 23.8 Å². The lowest BCUT2D eigenvalue weighted by Crippen LogP contribution is -2.53. The van der Waals surface area contributed by atoms with Crippen LogP contribution in [0.15, 0.2) is 0 Å². The number of ether oxygens (including phenoxy) is 4. The van der Waals surface area contributed by atoms with E-state index in [2.05, 4.69) is 11.0 Å². The molecule has 3 atom stereocenters. The van der Waals surface area contributed by atoms with E-state index in [9.17, 15) is 10.1 Å². The maximum Gasteiger partial charge on any atom is 0.338 e. The van der Waals surface area contributed by atoms with Crippen LogP contribution in [0.3, 0.4) is 0 Å². The average molecular weight is 435 g/mol. The number of halogens is 1. The summed E-state index contributed by atoms with van der Waals surface area (Å²) in [6, 6.07) is 2.68. The van der Waals surface area contributed by atoms with Crippen LogP contribution < -0.4 is 9.47 Å². The van der Waals surface area contributed by atoms with Crippen LogP contribution >= 0.6 is 11.6 Å². The molecule has 1 aromatic rings. The summed E-state index contributed by atoms with van der Waals surface area (Å²) in [6.07, 6.45) is 2.72. The van der Waals surface area contributed by atoms with Crippen molar-refractivity contribution >= 4 is 17.6 Å². The van der Waals surface area contributed by atoms with Crippen LogP contribution in [-0.4, -0.2) is 56.6 Å². The molecule has 2 aliphatic heterocycles. The highest BCUT2D eigenvalue weighted by molar-refractivity contribution is 6.34. The van der Waals surface area contributed by atoms with Gasteiger partial charge in [-0.1, -0.05) is 11.6 Å². The molecule has 2 heterocycles. The summed E-state index contributed by atoms with van der Waals surface area (Å²) in [5.74, 6) is -0.810. The molecule has 162 valence electrons. The Morgan fingerprint density at radius 1 is 1.27 bits per heavy atom. The third kappa shape index (κ3) is 3.13. The molecule has 0 spiro atoms. The molecule has 1 saturated heterocycles. The summed E-state index contributed by atoms with van der Waals surface area (Å²) in [7, 11) is 5.39. The molecular weight excluding hydrogens is 408 g/mol. The Balaban J connectivity index is 1.73. The van der Waals surface area contributed by atoms with Gasteiger partial charge in [-0.3, -0.25) is 0 Å². The lowest BCUT2D eigenvalue weighted by atomic mass is 9.89. The molecule has 0 aromatic heterocycles. The number of carbonyl (C=O) groups is 1. The SMILES string of the molecule is COC(=O)c1c(C)c2c(c(Cl)c1C1(C#N)CC1)OC(C)([C@@H]1CC[C@@H](N(C)C)CO1)O2. The van der Waals surface area contributed by atoms with Crippen molar-refractivity contribution in [3.63, 3.8) is 0 Å². The zero-order valence-electron chi connectivity index (χ0n) is 18.0. The number of methoxy groups -OCH3 is 1. The van der Waals surface area contributed by atoms with Gasteiger partial charge >= 0.3 is 5.97 Å². The Bertz CT molecular complexity index is 929. The Labute approximate surface area is 181 Å². The number of fused-ring (bicyclic) bond motifs is 1. The minimum absolute atomic E-state index is 0.251. The first-order chi connectivity index (χ1) is 14.2. The molecule has 2 fully saturated rings. The highest BCUT2D eigenvalue weighted by Gasteiger charge is 2.54. The van der Waals surface area contributed by atoms with E-state index in [0.717, 1.165) is 12.8 Å². The lowest BCUT2D eigenvalue weighted by Gasteiger charge is -2.38. The van der Waals surface area contributed by atoms with Crippen molar-refractivity contribution in [3.8, 4) is 17.6 Å². The van der Waals surface area contributed by atoms with Gasteiger partial charge in [-0.25, -0.2) is 4.79 Å². The Hall–Kier alpha value is -2.01. The molecule has 7 nitrogen and oxygen atoms in total. The van der Waals surface area contributed by atoms with E-state index < -0.39 is 17.2 Å². The van der Waals surface area contributed by atoms with Gasteiger partial charge in [-0.15, -0.1) is 0 Å². The number of nitriles is 1. The van der Waals surface area contributed by atoms with E-state index in [1.807, 2.05) is 21.0 Å². The zero-order chi connectivity index (χ0) is 21.8. The monoisotopic (exact) mass is 434 g/mol. The summed E-state index contributed by atoms with van der Waals surface area (Å²) in [6.45, 7) is 4.19. The van der Waals surface area contributed by atoms with E-state index in [1.54, 1.807) is 6.92 Å². The molecule has 0 bridgehead atoms. The smallest absolute Gasteiger partial charge is 0.338 e. The Morgan fingerprint density at radius 2 is 1.93 bits per heavy atom. The van der Waals surface area contributed by atoms with Gasteiger partial charge in [0.2, 0.25) is 0 Å². The number of hydrogen-bond donors (Lipinski definition) is 0. The Kier molecular flexibility index (Phi) is 5.16. The van der Waals surface area contributed by atoms with E-state index in [4.69, 9.17) is 30.5 Å². The van der Waals surface area contributed by atoms with Crippen LogP contribution in [0.1, 0.15) is 54.1 Å². The van der Waals surface area contributed by atoms with Crippen LogP contribution in [0.25, 0.3) is 0 Å². The number of likely N-dealkylation sites (N-methyl/N-ethyl adjacent to an activating group) is 1. The molecule has 0 radical (unpaired) electrons. The van der Waals surface area contributed by atoms with Gasteiger partial charge in [-0.05, 0) is 46.7 Å². The average Bonchev–Trinajstić information content (AvgIpc) is 3.44. The van der Waals surface area contributed by atoms with Crippen LogP contribution in [0, 0.1) is 18.3 Å². The molecule has 30 heavy (non-hydrogen) atoms. The van der Waals surface area contributed by atoms with E-state index in [-0.39, 0.29) is 11.1 Å². The topological polar surface area (TPSA) is 81.0 Å². The third-order valence-corrected chi connectivity index (χ3v) is 6.96. The van der Waals surface area contributed by atoms with Gasteiger partial charge in [0.15, 0.2) is 11.5 Å². The van der Waals surface area contributed by atoms with Crippen molar-refractivity contribution in [1.82, 2.24) is 4.90 Å². The summed E-state index contributed by atoms with van der Waals surface area (Å²) in [4.78, 5) is 14.8. The molecule has 1 saturated carbocycles. The highest BCUT2D eigenvalue weighted by Crippen LogP contribution is 2.59. The molecule has 1 unspecified atom stereocenters. The predicted molar refractivity (Wildman–Crippen MR) is 110 cm³/mol. The summed E-state index contributed by atoms with van der Waals surface area (Å²) < 4.78 is 23.6. The fourth-order valence-corrected chi connectivity index (χ4v) is 4.87. The molecule has 0 amide bonds. The standard InChI is InChI=1S/C22H27ClN2O5/c1-12-15(20(26)27-5)16(22(11-24)8-9-22)17(23)19-18(12)29-21(2,30-19)14-7-6-13(10-28-14)25(3)4/h13-14H,6-10H2,1-5H3/t13-,14+,21?/m1/s1. The molecule has 0 N–H and O–H groups in total. The van der Waals surface area contributed by atoms with E-state index in [1.165, 1.54) is 7.11 Å². The van der Waals surface area contributed by atoms with Crippen molar-refractivity contribution in [2.45, 2.75) is 62.9 Å². The van der Waals surface area contributed by atoms with Crippen LogP contribution in [0.2, 0.25) is 5.02 Å². The first-order valence-electron chi connectivity index (χ1n) is 10.2. The van der Waals surface area contributed by atoms with Gasteiger partial charge in [0.1, 0.15) is 6.10 Å². The van der Waals surface area contributed by atoms with Crippen molar-refractivity contribution in [2.24, 2.45) is 0 Å². The van der Waals surface area contributed by atoms with Crippen LogP contribution in [0.5, 0.6) is 11.5 Å². The molecule has 1 aliphatic carbocycles. The number of nitrogens with zero attached hydrogens (tertiary/aromatic N) is 2. The maximum atomic E-state index is 12.6. The quantitative estimate of drug-likeness (QED) is 0.670. The van der Waals surface area contributed by atoms with E-state index >= 15 is 0 Å². The first kappa shape index (κ1) is 21.2. The number of carbonyl (C=O) groups excluding carboxylic acids is 1. The van der Waals surface area contributed by atoms with Crippen molar-refractivity contribution in [3.05, 3.63) is 21.7 Å². The largest absolute Gasteiger partial charge is 0.465 e. The maximum absolute atomic E-state index is 12.6. The van der Waals surface area contributed by atoms with Gasteiger partial charge in [-0.2, -0.15) is 5.26 Å². The van der Waals surface area contributed by atoms with Crippen molar-refractivity contribution in [2.75, 3.05) is 27.8 Å². The van der Waals surface area contributed by atoms with Crippen molar-refractivity contribution < 1.29 is 23.7 Å². The van der Waals surface area contributed by atoms with Gasteiger partial charge in [0.25, 0.3) is 5.79 Å². The Morgan fingerprint density at radius 3 is 2.43 bits per heavy atom. The first-order valence-corrected chi connectivity index (χ1v) is 10.6. The zero-order valence-corrected chi connectivity index (χ0v) is 18.8. The fourth-order valence-electron chi connectivity index (χ4n) is 4.47. The minimum atomic E-state index is -1.07. The van der Waals surface area contributed by atoms with E-state index in [0.29, 0.717) is 53.7 Å². The predicted octanol–water partition coefficient (Wildman–Crippen LogP) is 3.59. The second-order valence-electron chi connectivity index (χ2n) is 8.77. The number of esters is 1. The number of hydrogen-bond acceptors (Lipinski definition) is 7. The molecule has 4 rings (SSSR count). The molecular formula is C22H27ClN2O5. The fraction of sp³-hybridized carbons (Fsp3) is 0.636. The summed E-state index contributed by atoms with van der Waals surface area (Å²) in [5.41, 5.74) is 0.567. The number of rotatable bonds is 4.